The summed E-state index contributed by atoms with van der Waals surface area (Å²) >= 11 is 0. The smallest absolute Gasteiger partial charge is 0.341 e. The minimum absolute atomic E-state index is 0.269. The monoisotopic (exact) mass is 250 g/mol. The lowest BCUT2D eigenvalue weighted by Crippen LogP contribution is -2.35. The van der Waals surface area contributed by atoms with Gasteiger partial charge in [-0.15, -0.1) is 0 Å². The third kappa shape index (κ3) is 3.23. The maximum absolute atomic E-state index is 11.9. The average Bonchev–Trinajstić information content (AvgIpc) is 2.30. The average molecular weight is 250 g/mol. The zero-order valence-corrected chi connectivity index (χ0v) is 11.1. The van der Waals surface area contributed by atoms with Gasteiger partial charge in [0.2, 0.25) is 0 Å². The second kappa shape index (κ2) is 5.53. The van der Waals surface area contributed by atoms with E-state index in [0.717, 1.165) is 5.56 Å². The molecule has 0 saturated heterocycles. The van der Waals surface area contributed by atoms with Gasteiger partial charge in [-0.25, -0.2) is 4.79 Å². The third-order valence-electron chi connectivity index (χ3n) is 2.50. The maximum atomic E-state index is 11.9. The number of carbonyl (C=O) groups is 2. The standard InChI is InChI=1S/C13H18N2O3/c1-8-5-6-11(14)10(7-8)13(17)18-9(2)12(16)15(3)4/h5-7,9H,14H2,1-4H3. The Balaban J connectivity index is 2.83. The zero-order chi connectivity index (χ0) is 13.9. The van der Waals surface area contributed by atoms with Crippen molar-refractivity contribution in [3.8, 4) is 0 Å². The van der Waals surface area contributed by atoms with Crippen LogP contribution in [-0.4, -0.2) is 37.0 Å². The highest BCUT2D eigenvalue weighted by atomic mass is 16.5. The summed E-state index contributed by atoms with van der Waals surface area (Å²) < 4.78 is 5.09. The highest BCUT2D eigenvalue weighted by molar-refractivity contribution is 5.96. The molecule has 1 amide bonds. The molecule has 2 N–H and O–H groups in total. The fourth-order valence-corrected chi connectivity index (χ4v) is 1.48. The molecule has 5 nitrogen and oxygen atoms in total. The Bertz CT molecular complexity index is 469. The number of nitrogen functional groups attached to an aromatic ring is 1. The molecule has 0 fully saturated rings. The number of likely N-dealkylation sites (N-methyl/N-ethyl adjacent to an activating group) is 1. The van der Waals surface area contributed by atoms with E-state index >= 15 is 0 Å². The number of hydrogen-bond acceptors (Lipinski definition) is 4. The lowest BCUT2D eigenvalue weighted by molar-refractivity contribution is -0.137. The van der Waals surface area contributed by atoms with Gasteiger partial charge < -0.3 is 15.4 Å². The Hall–Kier alpha value is -2.04. The first-order valence-corrected chi connectivity index (χ1v) is 5.61. The molecule has 0 aliphatic rings. The van der Waals surface area contributed by atoms with E-state index in [1.807, 2.05) is 6.92 Å². The van der Waals surface area contributed by atoms with Crippen LogP contribution in [0.5, 0.6) is 0 Å². The number of hydrogen-bond donors (Lipinski definition) is 1. The van der Waals surface area contributed by atoms with Crippen LogP contribution in [0.4, 0.5) is 5.69 Å². The van der Waals surface area contributed by atoms with E-state index in [4.69, 9.17) is 10.5 Å². The minimum Gasteiger partial charge on any atom is -0.449 e. The number of rotatable bonds is 3. The summed E-state index contributed by atoms with van der Waals surface area (Å²) in [4.78, 5) is 24.8. The molecular formula is C13H18N2O3. The van der Waals surface area contributed by atoms with Gasteiger partial charge in [0.25, 0.3) is 5.91 Å². The number of amides is 1. The number of anilines is 1. The van der Waals surface area contributed by atoms with E-state index in [2.05, 4.69) is 0 Å². The zero-order valence-electron chi connectivity index (χ0n) is 11.1. The first-order chi connectivity index (χ1) is 8.32. The summed E-state index contributed by atoms with van der Waals surface area (Å²) in [6, 6.07) is 5.09. The van der Waals surface area contributed by atoms with Gasteiger partial charge in [0.05, 0.1) is 5.56 Å². The summed E-state index contributed by atoms with van der Waals surface area (Å²) in [5.74, 6) is -0.853. The van der Waals surface area contributed by atoms with Crippen LogP contribution in [0.2, 0.25) is 0 Å². The molecule has 0 radical (unpaired) electrons. The van der Waals surface area contributed by atoms with Crippen molar-refractivity contribution in [2.75, 3.05) is 19.8 Å². The van der Waals surface area contributed by atoms with Gasteiger partial charge in [0.1, 0.15) is 0 Å². The fraction of sp³-hybridized carbons (Fsp3) is 0.385. The van der Waals surface area contributed by atoms with Gasteiger partial charge in [-0.05, 0) is 26.0 Å². The summed E-state index contributed by atoms with van der Waals surface area (Å²) in [5, 5.41) is 0. The Labute approximate surface area is 107 Å². The van der Waals surface area contributed by atoms with Crippen molar-refractivity contribution in [2.24, 2.45) is 0 Å². The van der Waals surface area contributed by atoms with E-state index in [1.54, 1.807) is 32.3 Å². The van der Waals surface area contributed by atoms with E-state index in [0.29, 0.717) is 5.69 Å². The van der Waals surface area contributed by atoms with Gasteiger partial charge in [0.15, 0.2) is 6.10 Å². The van der Waals surface area contributed by atoms with Crippen LogP contribution >= 0.6 is 0 Å². The highest BCUT2D eigenvalue weighted by Crippen LogP contribution is 2.15. The lowest BCUT2D eigenvalue weighted by atomic mass is 10.1. The van der Waals surface area contributed by atoms with Gasteiger partial charge in [-0.3, -0.25) is 4.79 Å². The van der Waals surface area contributed by atoms with Crippen LogP contribution in [-0.2, 0) is 9.53 Å². The van der Waals surface area contributed by atoms with E-state index < -0.39 is 12.1 Å². The molecule has 18 heavy (non-hydrogen) atoms. The summed E-state index contributed by atoms with van der Waals surface area (Å²) in [6.07, 6.45) is -0.826. The van der Waals surface area contributed by atoms with E-state index in [9.17, 15) is 9.59 Å². The predicted molar refractivity (Wildman–Crippen MR) is 69.2 cm³/mol. The van der Waals surface area contributed by atoms with Gasteiger partial charge in [-0.1, -0.05) is 11.6 Å². The Morgan fingerprint density at radius 1 is 1.33 bits per heavy atom. The molecule has 0 aromatic heterocycles. The van der Waals surface area contributed by atoms with Crippen LogP contribution in [0.3, 0.4) is 0 Å². The summed E-state index contributed by atoms with van der Waals surface area (Å²) in [6.45, 7) is 3.39. The Kier molecular flexibility index (Phi) is 4.31. The number of carbonyl (C=O) groups excluding carboxylic acids is 2. The number of ether oxygens (including phenoxy) is 1. The molecule has 1 rings (SSSR count). The number of esters is 1. The topological polar surface area (TPSA) is 72.6 Å². The molecule has 1 atom stereocenters. The van der Waals surface area contributed by atoms with Crippen LogP contribution in [0.15, 0.2) is 18.2 Å². The van der Waals surface area contributed by atoms with Crippen LogP contribution in [0.25, 0.3) is 0 Å². The van der Waals surface area contributed by atoms with Gasteiger partial charge >= 0.3 is 5.97 Å². The Morgan fingerprint density at radius 2 is 1.94 bits per heavy atom. The SMILES string of the molecule is Cc1ccc(N)c(C(=O)OC(C)C(=O)N(C)C)c1. The molecular weight excluding hydrogens is 232 g/mol. The first-order valence-electron chi connectivity index (χ1n) is 5.61. The molecule has 1 unspecified atom stereocenters. The van der Waals surface area contributed by atoms with Crippen LogP contribution < -0.4 is 5.73 Å². The minimum atomic E-state index is -0.826. The van der Waals surface area contributed by atoms with Crippen LogP contribution in [0, 0.1) is 6.92 Å². The molecule has 1 aromatic rings. The predicted octanol–water partition coefficient (Wildman–Crippen LogP) is 1.21. The van der Waals surface area contributed by atoms with Crippen molar-refractivity contribution in [2.45, 2.75) is 20.0 Å². The van der Waals surface area contributed by atoms with Crippen molar-refractivity contribution in [1.82, 2.24) is 4.90 Å². The molecule has 0 aliphatic carbocycles. The van der Waals surface area contributed by atoms with Crippen molar-refractivity contribution in [3.63, 3.8) is 0 Å². The second-order valence-corrected chi connectivity index (χ2v) is 4.37. The molecule has 98 valence electrons. The molecule has 0 bridgehead atoms. The number of benzene rings is 1. The van der Waals surface area contributed by atoms with Gasteiger partial charge in [-0.2, -0.15) is 0 Å². The van der Waals surface area contributed by atoms with Crippen molar-refractivity contribution >= 4 is 17.6 Å². The second-order valence-electron chi connectivity index (χ2n) is 4.37. The molecule has 0 spiro atoms. The van der Waals surface area contributed by atoms with Crippen molar-refractivity contribution in [1.29, 1.82) is 0 Å². The summed E-state index contributed by atoms with van der Waals surface area (Å²) in [5.41, 5.74) is 7.24. The molecule has 1 aromatic carbocycles. The summed E-state index contributed by atoms with van der Waals surface area (Å²) in [7, 11) is 3.21. The third-order valence-corrected chi connectivity index (χ3v) is 2.50. The molecule has 0 aliphatic heterocycles. The fourth-order valence-electron chi connectivity index (χ4n) is 1.48. The van der Waals surface area contributed by atoms with Crippen molar-refractivity contribution in [3.05, 3.63) is 29.3 Å². The maximum Gasteiger partial charge on any atom is 0.341 e. The number of nitrogens with zero attached hydrogens (tertiary/aromatic N) is 1. The van der Waals surface area contributed by atoms with E-state index in [-0.39, 0.29) is 11.5 Å². The Morgan fingerprint density at radius 3 is 2.50 bits per heavy atom. The molecule has 5 heteroatoms. The largest absolute Gasteiger partial charge is 0.449 e. The quantitative estimate of drug-likeness (QED) is 0.646. The normalized spacial score (nSPS) is 11.8. The number of nitrogens with two attached hydrogens (primary N) is 1. The van der Waals surface area contributed by atoms with Crippen molar-refractivity contribution < 1.29 is 14.3 Å². The molecule has 0 heterocycles. The first kappa shape index (κ1) is 14.0. The number of aryl methyl sites for hydroxylation is 1. The van der Waals surface area contributed by atoms with Gasteiger partial charge in [0, 0.05) is 19.8 Å². The lowest BCUT2D eigenvalue weighted by Gasteiger charge is -2.17. The highest BCUT2D eigenvalue weighted by Gasteiger charge is 2.21. The molecule has 0 saturated carbocycles. The van der Waals surface area contributed by atoms with Crippen LogP contribution in [0.1, 0.15) is 22.8 Å². The van der Waals surface area contributed by atoms with E-state index in [1.165, 1.54) is 11.8 Å².